The zero-order chi connectivity index (χ0) is 28.9. The first-order chi connectivity index (χ1) is 19.0. The number of carbonyl (C=O) groups excluding carboxylic acids is 2. The lowest BCUT2D eigenvalue weighted by molar-refractivity contribution is -0.129. The van der Waals surface area contributed by atoms with Crippen molar-refractivity contribution in [1.29, 1.82) is 0 Å². The van der Waals surface area contributed by atoms with E-state index < -0.39 is 12.1 Å². The third-order valence-electron chi connectivity index (χ3n) is 7.32. The van der Waals surface area contributed by atoms with Gasteiger partial charge >= 0.3 is 0 Å². The number of hydrogen-bond acceptors (Lipinski definition) is 6. The molecular formula is C32H41N3O4S. The van der Waals surface area contributed by atoms with Gasteiger partial charge in [-0.2, -0.15) is 0 Å². The molecule has 3 atom stereocenters. The van der Waals surface area contributed by atoms with E-state index in [-0.39, 0.29) is 35.7 Å². The lowest BCUT2D eigenvalue weighted by Crippen LogP contribution is -2.57. The van der Waals surface area contributed by atoms with E-state index in [9.17, 15) is 19.8 Å². The number of aliphatic hydroxyl groups is 1. The molecule has 0 radical (unpaired) electrons. The average molecular weight is 564 g/mol. The second-order valence-electron chi connectivity index (χ2n) is 11.7. The van der Waals surface area contributed by atoms with Crippen molar-refractivity contribution in [2.24, 2.45) is 0 Å². The van der Waals surface area contributed by atoms with Crippen molar-refractivity contribution >= 4 is 34.3 Å². The van der Waals surface area contributed by atoms with E-state index in [1.54, 1.807) is 36.9 Å². The van der Waals surface area contributed by atoms with Gasteiger partial charge in [0.25, 0.3) is 5.91 Å². The number of nitrogens with zero attached hydrogens (tertiary/aromatic N) is 1. The highest BCUT2D eigenvalue weighted by Gasteiger charge is 2.34. The summed E-state index contributed by atoms with van der Waals surface area (Å²) in [6, 6.07) is 18.3. The van der Waals surface area contributed by atoms with Crippen molar-refractivity contribution in [2.75, 3.05) is 18.8 Å². The molecule has 7 nitrogen and oxygen atoms in total. The van der Waals surface area contributed by atoms with Crippen LogP contribution in [0.2, 0.25) is 0 Å². The van der Waals surface area contributed by atoms with Gasteiger partial charge in [0.05, 0.1) is 18.2 Å². The Labute approximate surface area is 241 Å². The van der Waals surface area contributed by atoms with Crippen LogP contribution in [0.5, 0.6) is 5.75 Å². The van der Waals surface area contributed by atoms with Crippen molar-refractivity contribution < 1.29 is 19.8 Å². The molecule has 40 heavy (non-hydrogen) atoms. The number of fused-ring (bicyclic) bond motifs is 1. The number of phenols is 1. The Hall–Kier alpha value is -3.07. The number of rotatable bonds is 9. The zero-order valence-corrected chi connectivity index (χ0v) is 24.6. The number of thioether (sulfide) groups is 1. The highest BCUT2D eigenvalue weighted by atomic mass is 32.2. The van der Waals surface area contributed by atoms with Crippen molar-refractivity contribution in [3.8, 4) is 5.75 Å². The van der Waals surface area contributed by atoms with Gasteiger partial charge in [-0.05, 0) is 82.1 Å². The van der Waals surface area contributed by atoms with Crippen molar-refractivity contribution in [3.63, 3.8) is 0 Å². The molecule has 3 aromatic carbocycles. The molecule has 1 fully saturated rings. The maximum absolute atomic E-state index is 13.3. The molecule has 4 N–H and O–H groups in total. The number of likely N-dealkylation sites (tertiary alicyclic amines) is 1. The van der Waals surface area contributed by atoms with Gasteiger partial charge in [0.15, 0.2) is 0 Å². The second kappa shape index (κ2) is 13.1. The van der Waals surface area contributed by atoms with Gasteiger partial charge in [0, 0.05) is 33.9 Å². The molecule has 4 rings (SSSR count). The number of hydrogen-bond donors (Lipinski definition) is 4. The first kappa shape index (κ1) is 29.9. The summed E-state index contributed by atoms with van der Waals surface area (Å²) < 4.78 is 0. The van der Waals surface area contributed by atoms with E-state index in [1.807, 2.05) is 32.9 Å². The van der Waals surface area contributed by atoms with Crippen LogP contribution in [0.4, 0.5) is 0 Å². The van der Waals surface area contributed by atoms with Gasteiger partial charge < -0.3 is 20.8 Å². The molecule has 0 spiro atoms. The lowest BCUT2D eigenvalue weighted by Gasteiger charge is -2.38. The number of amides is 2. The molecule has 0 aromatic heterocycles. The Morgan fingerprint density at radius 2 is 1.80 bits per heavy atom. The quantitative estimate of drug-likeness (QED) is 0.277. The van der Waals surface area contributed by atoms with Gasteiger partial charge in [0.1, 0.15) is 5.75 Å². The van der Waals surface area contributed by atoms with E-state index in [4.69, 9.17) is 0 Å². The van der Waals surface area contributed by atoms with Crippen LogP contribution >= 0.6 is 11.8 Å². The Morgan fingerprint density at radius 3 is 2.55 bits per heavy atom. The molecule has 8 heteroatoms. The largest absolute Gasteiger partial charge is 0.508 e. The van der Waals surface area contributed by atoms with Crippen molar-refractivity contribution in [3.05, 3.63) is 71.8 Å². The van der Waals surface area contributed by atoms with Crippen molar-refractivity contribution in [1.82, 2.24) is 15.5 Å². The molecular weight excluding hydrogens is 522 g/mol. The minimum atomic E-state index is -0.905. The van der Waals surface area contributed by atoms with Gasteiger partial charge in [0.2, 0.25) is 5.91 Å². The molecule has 0 unspecified atom stereocenters. The third-order valence-corrected chi connectivity index (χ3v) is 8.43. The van der Waals surface area contributed by atoms with Crippen LogP contribution in [-0.2, 0) is 4.79 Å². The minimum Gasteiger partial charge on any atom is -0.508 e. The van der Waals surface area contributed by atoms with E-state index in [0.717, 1.165) is 34.9 Å². The SMILES string of the molecule is Cc1c(O)cccc1C(=O)N[C@H](CSc1ccc2ccccc2c1)[C@@H](O)CN1CCCC[C@H]1C(=O)NC(C)(C)C. The predicted molar refractivity (Wildman–Crippen MR) is 162 cm³/mol. The average Bonchev–Trinajstić information content (AvgIpc) is 2.91. The molecule has 0 saturated carbocycles. The monoisotopic (exact) mass is 563 g/mol. The Morgan fingerprint density at radius 1 is 1.05 bits per heavy atom. The van der Waals surface area contributed by atoms with Gasteiger partial charge in [-0.25, -0.2) is 0 Å². The predicted octanol–water partition coefficient (Wildman–Crippen LogP) is 4.87. The molecule has 0 aliphatic carbocycles. The highest BCUT2D eigenvalue weighted by Crippen LogP contribution is 2.26. The summed E-state index contributed by atoms with van der Waals surface area (Å²) in [7, 11) is 0. The zero-order valence-electron chi connectivity index (χ0n) is 23.8. The molecule has 0 bridgehead atoms. The standard InChI is InChI=1S/C32H41N3O4S/c1-21-25(12-9-14-28(21)36)30(38)33-26(20-40-24-16-15-22-10-5-6-11-23(22)18-24)29(37)19-35-17-8-7-13-27(35)31(39)34-32(2,3)4/h5-6,9-12,14-16,18,26-27,29,36-37H,7-8,13,17,19-20H2,1-4H3,(H,33,38)(H,34,39)/t26-,27+,29+/m1/s1. The number of aromatic hydroxyl groups is 1. The van der Waals surface area contributed by atoms with Crippen LogP contribution in [0.1, 0.15) is 56.0 Å². The number of nitrogens with one attached hydrogen (secondary N) is 2. The van der Waals surface area contributed by atoms with Crippen molar-refractivity contribution in [2.45, 2.75) is 75.6 Å². The first-order valence-electron chi connectivity index (χ1n) is 14.0. The van der Waals surface area contributed by atoms with Crippen LogP contribution in [0.15, 0.2) is 65.6 Å². The van der Waals surface area contributed by atoms with Gasteiger partial charge in [-0.3, -0.25) is 14.5 Å². The van der Waals surface area contributed by atoms with Crippen LogP contribution in [-0.4, -0.2) is 69.5 Å². The number of benzene rings is 3. The molecule has 1 aliphatic rings. The molecule has 1 heterocycles. The molecule has 1 saturated heterocycles. The number of piperidine rings is 1. The molecule has 2 amide bonds. The minimum absolute atomic E-state index is 0.0269. The number of β-amino-alcohol motifs (C(OH)–C–C–N with tert-alkyl or cyclic N) is 1. The smallest absolute Gasteiger partial charge is 0.252 e. The normalized spacial score (nSPS) is 17.8. The van der Waals surface area contributed by atoms with Crippen LogP contribution in [0, 0.1) is 6.92 Å². The fraction of sp³-hybridized carbons (Fsp3) is 0.438. The Bertz CT molecular complexity index is 1340. The fourth-order valence-corrected chi connectivity index (χ4v) is 6.19. The summed E-state index contributed by atoms with van der Waals surface area (Å²) >= 11 is 1.57. The second-order valence-corrected chi connectivity index (χ2v) is 12.8. The van der Waals surface area contributed by atoms with Crippen LogP contribution < -0.4 is 10.6 Å². The maximum atomic E-state index is 13.3. The summed E-state index contributed by atoms with van der Waals surface area (Å²) in [4.78, 5) is 29.5. The van der Waals surface area contributed by atoms with Crippen LogP contribution in [0.25, 0.3) is 10.8 Å². The van der Waals surface area contributed by atoms with E-state index in [0.29, 0.717) is 23.4 Å². The number of carbonyl (C=O) groups is 2. The summed E-state index contributed by atoms with van der Waals surface area (Å²) in [5.41, 5.74) is 0.518. The fourth-order valence-electron chi connectivity index (χ4n) is 5.13. The summed E-state index contributed by atoms with van der Waals surface area (Å²) in [5, 5.41) is 30.0. The number of aliphatic hydroxyl groups excluding tert-OH is 1. The Balaban J connectivity index is 1.53. The van der Waals surface area contributed by atoms with E-state index in [1.165, 1.54) is 0 Å². The van der Waals surface area contributed by atoms with E-state index >= 15 is 0 Å². The molecule has 1 aliphatic heterocycles. The lowest BCUT2D eigenvalue weighted by atomic mass is 9.98. The number of phenolic OH excluding ortho intramolecular Hbond substituents is 1. The summed E-state index contributed by atoms with van der Waals surface area (Å²) in [5.74, 6) is 0.116. The first-order valence-corrected chi connectivity index (χ1v) is 15.0. The van der Waals surface area contributed by atoms with E-state index in [2.05, 4.69) is 45.9 Å². The maximum Gasteiger partial charge on any atom is 0.252 e. The Kier molecular flexibility index (Phi) is 9.77. The van der Waals surface area contributed by atoms with Crippen LogP contribution in [0.3, 0.4) is 0 Å². The van der Waals surface area contributed by atoms with Gasteiger partial charge in [-0.1, -0.05) is 42.8 Å². The highest BCUT2D eigenvalue weighted by molar-refractivity contribution is 7.99. The topological polar surface area (TPSA) is 102 Å². The molecule has 214 valence electrons. The molecule has 3 aromatic rings. The third kappa shape index (κ3) is 7.77. The summed E-state index contributed by atoms with van der Waals surface area (Å²) in [6.07, 6.45) is 1.75. The van der Waals surface area contributed by atoms with Gasteiger partial charge in [-0.15, -0.1) is 11.8 Å². The summed E-state index contributed by atoms with van der Waals surface area (Å²) in [6.45, 7) is 8.57.